The molecule has 2 heterocycles. The molecular weight excluding hydrogens is 344 g/mol. The first-order valence-electron chi connectivity index (χ1n) is 8.52. The highest BCUT2D eigenvalue weighted by atomic mass is 16.7. The number of hydrogen-bond acceptors (Lipinski definition) is 5. The second-order valence-corrected chi connectivity index (χ2v) is 5.90. The van der Waals surface area contributed by atoms with Gasteiger partial charge in [0.25, 0.3) is 0 Å². The van der Waals surface area contributed by atoms with Gasteiger partial charge in [0.15, 0.2) is 0 Å². The van der Waals surface area contributed by atoms with E-state index >= 15 is 0 Å². The molecule has 0 unspecified atom stereocenters. The van der Waals surface area contributed by atoms with Gasteiger partial charge in [-0.1, -0.05) is 36.9 Å². The first-order valence-corrected chi connectivity index (χ1v) is 8.52. The second kappa shape index (κ2) is 8.16. The molecule has 6 heteroatoms. The van der Waals surface area contributed by atoms with Crippen molar-refractivity contribution in [2.75, 3.05) is 20.8 Å². The molecule has 0 saturated heterocycles. The highest BCUT2D eigenvalue weighted by Crippen LogP contribution is 2.34. The molecule has 6 nitrogen and oxygen atoms in total. The number of benzene rings is 1. The normalized spacial score (nSPS) is 11.2. The zero-order valence-corrected chi connectivity index (χ0v) is 15.5. The van der Waals surface area contributed by atoms with Crippen LogP contribution in [0.25, 0.3) is 21.8 Å². The molecule has 0 spiro atoms. The van der Waals surface area contributed by atoms with Crippen molar-refractivity contribution in [3.63, 3.8) is 0 Å². The Morgan fingerprint density at radius 3 is 2.59 bits per heavy atom. The minimum Gasteiger partial charge on any atom is -0.457 e. The number of methoxy groups -OCH3 is 2. The van der Waals surface area contributed by atoms with Gasteiger partial charge in [0.05, 0.1) is 5.52 Å². The second-order valence-electron chi connectivity index (χ2n) is 5.90. The number of hydrogen-bond donors (Lipinski definition) is 0. The van der Waals surface area contributed by atoms with Gasteiger partial charge in [-0.25, -0.2) is 9.78 Å². The monoisotopic (exact) mass is 366 g/mol. The van der Waals surface area contributed by atoms with Crippen LogP contribution in [0.3, 0.4) is 0 Å². The lowest BCUT2D eigenvalue weighted by atomic mass is 10.1. The van der Waals surface area contributed by atoms with Crippen molar-refractivity contribution >= 4 is 27.8 Å². The van der Waals surface area contributed by atoms with Crippen LogP contribution in [0.5, 0.6) is 0 Å². The Morgan fingerprint density at radius 1 is 1.19 bits per heavy atom. The van der Waals surface area contributed by atoms with Crippen molar-refractivity contribution in [1.29, 1.82) is 0 Å². The molecule has 0 N–H and O–H groups in total. The molecule has 140 valence electrons. The van der Waals surface area contributed by atoms with Crippen LogP contribution >= 0.6 is 0 Å². The van der Waals surface area contributed by atoms with Crippen LogP contribution in [0.15, 0.2) is 55.6 Å². The quantitative estimate of drug-likeness (QED) is 0.342. The number of esters is 1. The van der Waals surface area contributed by atoms with E-state index in [1.54, 1.807) is 6.07 Å². The lowest BCUT2D eigenvalue weighted by Gasteiger charge is -2.16. The van der Waals surface area contributed by atoms with Crippen LogP contribution in [-0.4, -0.2) is 36.3 Å². The summed E-state index contributed by atoms with van der Waals surface area (Å²) in [6.07, 6.45) is 2.60. The van der Waals surface area contributed by atoms with E-state index in [1.807, 2.05) is 30.3 Å². The fourth-order valence-electron chi connectivity index (χ4n) is 3.22. The number of aromatic nitrogens is 2. The molecule has 0 radical (unpaired) electrons. The zero-order valence-electron chi connectivity index (χ0n) is 15.5. The molecule has 0 aliphatic heterocycles. The van der Waals surface area contributed by atoms with Crippen LogP contribution in [0.2, 0.25) is 0 Å². The van der Waals surface area contributed by atoms with Gasteiger partial charge in [-0.3, -0.25) is 0 Å². The third kappa shape index (κ3) is 3.37. The lowest BCUT2D eigenvalue weighted by Crippen LogP contribution is -2.14. The Balaban J connectivity index is 2.37. The fourth-order valence-corrected chi connectivity index (χ4v) is 3.22. The molecule has 3 aromatic rings. The number of fused-ring (bicyclic) bond motifs is 3. The van der Waals surface area contributed by atoms with E-state index in [2.05, 4.69) is 22.7 Å². The number of carbonyl (C=O) groups is 1. The summed E-state index contributed by atoms with van der Waals surface area (Å²) in [7, 11) is 3.07. The average Bonchev–Trinajstić information content (AvgIpc) is 3.01. The maximum atomic E-state index is 12.4. The minimum atomic E-state index is -0.729. The van der Waals surface area contributed by atoms with E-state index < -0.39 is 12.3 Å². The van der Waals surface area contributed by atoms with Crippen LogP contribution in [0, 0.1) is 0 Å². The molecule has 27 heavy (non-hydrogen) atoms. The van der Waals surface area contributed by atoms with Crippen LogP contribution in [0.4, 0.5) is 0 Å². The number of carbonyl (C=O) groups excluding carboxylic acids is 1. The predicted octanol–water partition coefficient (Wildman–Crippen LogP) is 4.01. The smallest absolute Gasteiger partial charge is 0.357 e. The minimum absolute atomic E-state index is 0.115. The third-order valence-corrected chi connectivity index (χ3v) is 4.28. The molecule has 0 atom stereocenters. The lowest BCUT2D eigenvalue weighted by molar-refractivity contribution is -0.107. The maximum absolute atomic E-state index is 12.4. The van der Waals surface area contributed by atoms with E-state index in [4.69, 9.17) is 14.2 Å². The average molecular weight is 366 g/mol. The fraction of sp³-hybridized carbons (Fsp3) is 0.238. The first-order chi connectivity index (χ1) is 13.2. The van der Waals surface area contributed by atoms with Crippen molar-refractivity contribution in [1.82, 2.24) is 9.55 Å². The van der Waals surface area contributed by atoms with E-state index in [1.165, 1.54) is 20.3 Å². The van der Waals surface area contributed by atoms with Gasteiger partial charge in [-0.05, 0) is 12.1 Å². The molecule has 0 fully saturated rings. The van der Waals surface area contributed by atoms with Crippen molar-refractivity contribution < 1.29 is 19.0 Å². The predicted molar refractivity (Wildman–Crippen MR) is 105 cm³/mol. The number of ether oxygens (including phenoxy) is 3. The van der Waals surface area contributed by atoms with Gasteiger partial charge in [0, 0.05) is 37.1 Å². The molecule has 1 aromatic carbocycles. The summed E-state index contributed by atoms with van der Waals surface area (Å²) in [6, 6.07) is 9.70. The van der Waals surface area contributed by atoms with Crippen molar-refractivity contribution in [3.05, 3.63) is 67.0 Å². The summed E-state index contributed by atoms with van der Waals surface area (Å²) in [5, 5.41) is 1.88. The molecule has 2 aromatic heterocycles. The van der Waals surface area contributed by atoms with E-state index in [0.29, 0.717) is 12.2 Å². The number of nitrogens with zero attached hydrogens (tertiary/aromatic N) is 2. The number of pyridine rings is 1. The summed E-state index contributed by atoms with van der Waals surface area (Å²) in [5.74, 6) is -0.524. The van der Waals surface area contributed by atoms with E-state index in [-0.39, 0.29) is 12.3 Å². The molecule has 0 bridgehead atoms. The van der Waals surface area contributed by atoms with Crippen molar-refractivity contribution in [3.8, 4) is 0 Å². The molecule has 3 rings (SSSR count). The molecule has 0 aliphatic rings. The summed E-state index contributed by atoms with van der Waals surface area (Å²) in [6.45, 7) is 8.12. The van der Waals surface area contributed by atoms with Gasteiger partial charge in [-0.15, -0.1) is 6.58 Å². The standard InChI is InChI=1S/C21H22N2O4/c1-5-11-23-17-10-8-7-9-14(17)15-13-16(20(24)27-12-6-2)22-18(19(15)23)21(25-3)26-4/h5-10,13,21H,1-2,11-12H2,3-4H3. The highest BCUT2D eigenvalue weighted by molar-refractivity contribution is 6.10. The van der Waals surface area contributed by atoms with Crippen LogP contribution in [-0.2, 0) is 20.8 Å². The van der Waals surface area contributed by atoms with Gasteiger partial charge in [0.2, 0.25) is 6.29 Å². The Morgan fingerprint density at radius 2 is 1.93 bits per heavy atom. The number of rotatable bonds is 8. The van der Waals surface area contributed by atoms with Gasteiger partial charge in [-0.2, -0.15) is 0 Å². The zero-order chi connectivity index (χ0) is 19.4. The Bertz CT molecular complexity index is 1000. The summed E-state index contributed by atoms with van der Waals surface area (Å²) >= 11 is 0. The Hall–Kier alpha value is -2.96. The highest BCUT2D eigenvalue weighted by Gasteiger charge is 2.24. The summed E-state index contributed by atoms with van der Waals surface area (Å²) in [4.78, 5) is 17.0. The molecule has 0 amide bonds. The van der Waals surface area contributed by atoms with Crippen LogP contribution < -0.4 is 0 Å². The summed E-state index contributed by atoms with van der Waals surface area (Å²) < 4.78 is 18.2. The summed E-state index contributed by atoms with van der Waals surface area (Å²) in [5.41, 5.74) is 2.56. The topological polar surface area (TPSA) is 62.6 Å². The van der Waals surface area contributed by atoms with Crippen LogP contribution in [0.1, 0.15) is 22.5 Å². The van der Waals surface area contributed by atoms with E-state index in [9.17, 15) is 4.79 Å². The van der Waals surface area contributed by atoms with Crippen molar-refractivity contribution in [2.45, 2.75) is 12.8 Å². The van der Waals surface area contributed by atoms with Gasteiger partial charge < -0.3 is 18.8 Å². The SMILES string of the molecule is C=CCOC(=O)c1cc2c3ccccc3n(CC=C)c2c(C(OC)OC)n1. The maximum Gasteiger partial charge on any atom is 0.357 e. The largest absolute Gasteiger partial charge is 0.457 e. The first kappa shape index (κ1) is 18.8. The Labute approximate surface area is 157 Å². The molecular formula is C21H22N2O4. The van der Waals surface area contributed by atoms with Gasteiger partial charge >= 0.3 is 5.97 Å². The molecule has 0 aliphatic carbocycles. The van der Waals surface area contributed by atoms with Crippen molar-refractivity contribution in [2.24, 2.45) is 0 Å². The number of allylic oxidation sites excluding steroid dienone is 1. The Kier molecular flexibility index (Phi) is 5.69. The molecule has 0 saturated carbocycles. The third-order valence-electron chi connectivity index (χ3n) is 4.28. The van der Waals surface area contributed by atoms with Gasteiger partial charge in [0.1, 0.15) is 18.0 Å². The van der Waals surface area contributed by atoms with E-state index in [0.717, 1.165) is 21.8 Å². The number of para-hydroxylation sites is 1.